The number of rotatable bonds is 3. The minimum absolute atomic E-state index is 0.0116. The van der Waals surface area contributed by atoms with Crippen LogP contribution >= 0.6 is 27.5 Å². The minimum atomic E-state index is -0.0928. The Kier molecular flexibility index (Phi) is 4.58. The van der Waals surface area contributed by atoms with Crippen molar-refractivity contribution in [3.8, 4) is 0 Å². The number of carbonyl (C=O) groups excluding carboxylic acids is 1. The van der Waals surface area contributed by atoms with Crippen molar-refractivity contribution in [2.45, 2.75) is 26.3 Å². The summed E-state index contributed by atoms with van der Waals surface area (Å²) in [6.07, 6.45) is 0. The monoisotopic (exact) mass is 318 g/mol. The van der Waals surface area contributed by atoms with Gasteiger partial charge in [0.05, 0.1) is 17.3 Å². The molecule has 5 heteroatoms. The number of carbonyl (C=O) groups is 1. The molecule has 0 atom stereocenters. The van der Waals surface area contributed by atoms with E-state index >= 15 is 0 Å². The molecule has 0 bridgehead atoms. The highest BCUT2D eigenvalue weighted by molar-refractivity contribution is 9.10. The highest BCUT2D eigenvalue weighted by Crippen LogP contribution is 2.29. The predicted molar refractivity (Wildman–Crippen MR) is 75.7 cm³/mol. The fourth-order valence-electron chi connectivity index (χ4n) is 1.19. The first kappa shape index (κ1) is 14.5. The lowest BCUT2D eigenvalue weighted by molar-refractivity contribution is 0.0982. The van der Waals surface area contributed by atoms with Gasteiger partial charge in [-0.2, -0.15) is 0 Å². The summed E-state index contributed by atoms with van der Waals surface area (Å²) in [4.78, 5) is 11.9. The van der Waals surface area contributed by atoms with E-state index in [1.165, 1.54) is 0 Å². The number of Topliss-reactive ketones (excluding diaryl/α,β-unsaturated/α-hetero) is 1. The maximum absolute atomic E-state index is 11.9. The quantitative estimate of drug-likeness (QED) is 0.664. The molecule has 3 nitrogen and oxygen atoms in total. The third kappa shape index (κ3) is 4.30. The van der Waals surface area contributed by atoms with E-state index in [-0.39, 0.29) is 17.9 Å². The highest BCUT2D eigenvalue weighted by Gasteiger charge is 2.14. The molecule has 1 rings (SSSR count). The molecule has 0 spiro atoms. The number of benzene rings is 1. The van der Waals surface area contributed by atoms with Gasteiger partial charge in [0, 0.05) is 15.6 Å². The Morgan fingerprint density at radius 1 is 1.47 bits per heavy atom. The molecular weight excluding hydrogens is 304 g/mol. The average Bonchev–Trinajstić information content (AvgIpc) is 2.20. The van der Waals surface area contributed by atoms with Crippen LogP contribution in [0, 0.1) is 0 Å². The van der Waals surface area contributed by atoms with Gasteiger partial charge in [-0.05, 0) is 48.8 Å². The summed E-state index contributed by atoms with van der Waals surface area (Å²) in [5, 5.41) is 3.52. The van der Waals surface area contributed by atoms with Crippen molar-refractivity contribution >= 4 is 39.0 Å². The standard InChI is InChI=1S/C12H16BrClN2O/c1-12(2,3)16-6-10(17)7-4-8(13)11(15)9(14)5-7/h4-5,16H,6,15H2,1-3H3. The molecule has 1 aromatic carbocycles. The number of hydrogen-bond donors (Lipinski definition) is 2. The van der Waals surface area contributed by atoms with Gasteiger partial charge in [0.1, 0.15) is 0 Å². The molecule has 0 aliphatic carbocycles. The molecule has 0 aliphatic rings. The van der Waals surface area contributed by atoms with Crippen LogP contribution in [0.1, 0.15) is 31.1 Å². The number of nitrogens with one attached hydrogen (secondary N) is 1. The first-order chi connectivity index (χ1) is 7.70. The maximum atomic E-state index is 11.9. The largest absolute Gasteiger partial charge is 0.397 e. The second kappa shape index (κ2) is 5.38. The fourth-order valence-corrected chi connectivity index (χ4v) is 1.99. The topological polar surface area (TPSA) is 55.1 Å². The van der Waals surface area contributed by atoms with Gasteiger partial charge >= 0.3 is 0 Å². The van der Waals surface area contributed by atoms with E-state index < -0.39 is 0 Å². The summed E-state index contributed by atoms with van der Waals surface area (Å²) in [6, 6.07) is 3.28. The van der Waals surface area contributed by atoms with Gasteiger partial charge in [-0.15, -0.1) is 0 Å². The number of nitrogens with two attached hydrogens (primary N) is 1. The molecule has 0 aliphatic heterocycles. The minimum Gasteiger partial charge on any atom is -0.397 e. The van der Waals surface area contributed by atoms with E-state index in [4.69, 9.17) is 17.3 Å². The summed E-state index contributed by atoms with van der Waals surface area (Å²) in [7, 11) is 0. The molecule has 0 aromatic heterocycles. The zero-order valence-corrected chi connectivity index (χ0v) is 12.4. The maximum Gasteiger partial charge on any atom is 0.176 e. The van der Waals surface area contributed by atoms with Gasteiger partial charge in [-0.1, -0.05) is 11.6 Å². The Labute approximate surface area is 115 Å². The van der Waals surface area contributed by atoms with Crippen LogP contribution in [0.4, 0.5) is 5.69 Å². The Bertz CT molecular complexity index is 418. The van der Waals surface area contributed by atoms with Crippen molar-refractivity contribution in [2.75, 3.05) is 12.3 Å². The lowest BCUT2D eigenvalue weighted by Crippen LogP contribution is -2.39. The predicted octanol–water partition coefficient (Wildman–Crippen LogP) is 3.26. The Morgan fingerprint density at radius 3 is 2.53 bits per heavy atom. The van der Waals surface area contributed by atoms with Crippen LogP contribution in [0.25, 0.3) is 0 Å². The van der Waals surface area contributed by atoms with E-state index in [9.17, 15) is 4.79 Å². The molecule has 0 fully saturated rings. The average molecular weight is 320 g/mol. The third-order valence-corrected chi connectivity index (χ3v) is 3.15. The lowest BCUT2D eigenvalue weighted by Gasteiger charge is -2.20. The zero-order valence-electron chi connectivity index (χ0n) is 10.1. The molecule has 0 saturated heterocycles. The van der Waals surface area contributed by atoms with E-state index in [1.54, 1.807) is 12.1 Å². The van der Waals surface area contributed by atoms with Gasteiger partial charge in [-0.3, -0.25) is 4.79 Å². The van der Waals surface area contributed by atoms with E-state index in [2.05, 4.69) is 21.2 Å². The molecule has 0 radical (unpaired) electrons. The second-order valence-electron chi connectivity index (χ2n) is 4.88. The van der Waals surface area contributed by atoms with Gasteiger partial charge in [0.15, 0.2) is 5.78 Å². The molecule has 1 aromatic rings. The molecule has 0 amide bonds. The van der Waals surface area contributed by atoms with Crippen LogP contribution in [0.2, 0.25) is 5.02 Å². The number of halogens is 2. The lowest BCUT2D eigenvalue weighted by atomic mass is 10.1. The van der Waals surface area contributed by atoms with Crippen molar-refractivity contribution in [2.24, 2.45) is 0 Å². The van der Waals surface area contributed by atoms with Gasteiger partial charge in [0.25, 0.3) is 0 Å². The van der Waals surface area contributed by atoms with Gasteiger partial charge in [-0.25, -0.2) is 0 Å². The Morgan fingerprint density at radius 2 is 2.06 bits per heavy atom. The van der Waals surface area contributed by atoms with E-state index in [0.717, 1.165) is 0 Å². The first-order valence-corrected chi connectivity index (χ1v) is 6.40. The molecule has 0 heterocycles. The van der Waals surface area contributed by atoms with Crippen molar-refractivity contribution in [1.29, 1.82) is 0 Å². The number of hydrogen-bond acceptors (Lipinski definition) is 3. The van der Waals surface area contributed by atoms with Crippen LogP contribution in [0.5, 0.6) is 0 Å². The summed E-state index contributed by atoms with van der Waals surface area (Å²) in [5.74, 6) is -0.0116. The summed E-state index contributed by atoms with van der Waals surface area (Å²) in [6.45, 7) is 6.29. The van der Waals surface area contributed by atoms with Crippen molar-refractivity contribution in [3.05, 3.63) is 27.2 Å². The number of ketones is 1. The molecule has 0 saturated carbocycles. The van der Waals surface area contributed by atoms with Gasteiger partial charge in [0.2, 0.25) is 0 Å². The molecule has 3 N–H and O–H groups in total. The Balaban J connectivity index is 2.84. The van der Waals surface area contributed by atoms with E-state index in [1.807, 2.05) is 20.8 Å². The summed E-state index contributed by atoms with van der Waals surface area (Å²) < 4.78 is 0.643. The van der Waals surface area contributed by atoms with Crippen molar-refractivity contribution in [1.82, 2.24) is 5.32 Å². The SMILES string of the molecule is CC(C)(C)NCC(=O)c1cc(Cl)c(N)c(Br)c1. The Hall–Kier alpha value is -0.580. The smallest absolute Gasteiger partial charge is 0.176 e. The van der Waals surface area contributed by atoms with Crippen LogP contribution < -0.4 is 11.1 Å². The molecular formula is C12H16BrClN2O. The summed E-state index contributed by atoms with van der Waals surface area (Å²) in [5.41, 5.74) is 6.60. The van der Waals surface area contributed by atoms with Crippen LogP contribution in [0.15, 0.2) is 16.6 Å². The highest BCUT2D eigenvalue weighted by atomic mass is 79.9. The van der Waals surface area contributed by atoms with Crippen molar-refractivity contribution < 1.29 is 4.79 Å². The fraction of sp³-hybridized carbons (Fsp3) is 0.417. The van der Waals surface area contributed by atoms with Crippen LogP contribution in [-0.2, 0) is 0 Å². The number of nitrogen functional groups attached to an aromatic ring is 1. The normalized spacial score (nSPS) is 11.6. The number of anilines is 1. The molecule has 0 unspecified atom stereocenters. The van der Waals surface area contributed by atoms with Crippen LogP contribution in [-0.4, -0.2) is 17.9 Å². The molecule has 17 heavy (non-hydrogen) atoms. The van der Waals surface area contributed by atoms with Gasteiger partial charge < -0.3 is 11.1 Å². The summed E-state index contributed by atoms with van der Waals surface area (Å²) >= 11 is 9.20. The molecule has 94 valence electrons. The van der Waals surface area contributed by atoms with Crippen molar-refractivity contribution in [3.63, 3.8) is 0 Å². The first-order valence-electron chi connectivity index (χ1n) is 5.23. The van der Waals surface area contributed by atoms with E-state index in [0.29, 0.717) is 20.7 Å². The third-order valence-electron chi connectivity index (χ3n) is 2.18. The second-order valence-corrected chi connectivity index (χ2v) is 6.14. The van der Waals surface area contributed by atoms with Crippen LogP contribution in [0.3, 0.4) is 0 Å². The zero-order chi connectivity index (χ0) is 13.2.